The summed E-state index contributed by atoms with van der Waals surface area (Å²) < 4.78 is 39.6. The molecule has 0 aliphatic carbocycles. The molecular formula is C13H19FN2O2S. The van der Waals surface area contributed by atoms with Gasteiger partial charge in [0, 0.05) is 25.7 Å². The highest BCUT2D eigenvalue weighted by molar-refractivity contribution is 7.89. The molecule has 4 nitrogen and oxygen atoms in total. The molecular weight excluding hydrogens is 267 g/mol. The van der Waals surface area contributed by atoms with Crippen molar-refractivity contribution in [1.29, 1.82) is 0 Å². The van der Waals surface area contributed by atoms with Gasteiger partial charge >= 0.3 is 0 Å². The van der Waals surface area contributed by atoms with Gasteiger partial charge in [0.25, 0.3) is 0 Å². The van der Waals surface area contributed by atoms with Crippen LogP contribution in [0.15, 0.2) is 29.2 Å². The number of nitrogens with zero attached hydrogens (tertiary/aromatic N) is 1. The van der Waals surface area contributed by atoms with Crippen LogP contribution in [-0.4, -0.2) is 38.4 Å². The van der Waals surface area contributed by atoms with Gasteiger partial charge in [-0.2, -0.15) is 4.31 Å². The second-order valence-electron chi connectivity index (χ2n) is 5.09. The Morgan fingerprint density at radius 1 is 1.32 bits per heavy atom. The Balaban J connectivity index is 2.34. The number of benzene rings is 1. The van der Waals surface area contributed by atoms with Gasteiger partial charge in [-0.25, -0.2) is 12.8 Å². The van der Waals surface area contributed by atoms with Gasteiger partial charge in [0.05, 0.1) is 4.90 Å². The number of hydrogen-bond donors (Lipinski definition) is 1. The van der Waals surface area contributed by atoms with E-state index in [1.165, 1.54) is 28.6 Å². The van der Waals surface area contributed by atoms with Crippen LogP contribution < -0.4 is 5.32 Å². The Morgan fingerprint density at radius 2 is 1.95 bits per heavy atom. The lowest BCUT2D eigenvalue weighted by atomic mass is 10.0. The highest BCUT2D eigenvalue weighted by Crippen LogP contribution is 2.23. The molecule has 1 heterocycles. The molecule has 1 fully saturated rings. The lowest BCUT2D eigenvalue weighted by Crippen LogP contribution is -2.55. The number of hydrogen-bond acceptors (Lipinski definition) is 3. The summed E-state index contributed by atoms with van der Waals surface area (Å²) >= 11 is 0. The molecule has 0 saturated carbocycles. The topological polar surface area (TPSA) is 49.4 Å². The first-order valence-electron chi connectivity index (χ1n) is 6.41. The summed E-state index contributed by atoms with van der Waals surface area (Å²) in [5, 5.41) is 3.21. The van der Waals surface area contributed by atoms with Crippen LogP contribution in [0.25, 0.3) is 0 Å². The van der Waals surface area contributed by atoms with Crippen LogP contribution in [0.1, 0.15) is 13.8 Å². The Labute approximate surface area is 113 Å². The first-order valence-corrected chi connectivity index (χ1v) is 7.85. The van der Waals surface area contributed by atoms with Crippen LogP contribution in [0.3, 0.4) is 0 Å². The normalized spacial score (nSPS) is 21.8. The fraction of sp³-hybridized carbons (Fsp3) is 0.538. The van der Waals surface area contributed by atoms with Crippen LogP contribution in [-0.2, 0) is 10.0 Å². The molecule has 0 radical (unpaired) electrons. The van der Waals surface area contributed by atoms with Crippen molar-refractivity contribution in [1.82, 2.24) is 9.62 Å². The first-order chi connectivity index (χ1) is 8.93. The largest absolute Gasteiger partial charge is 0.314 e. The van der Waals surface area contributed by atoms with Gasteiger partial charge in [-0.1, -0.05) is 13.8 Å². The van der Waals surface area contributed by atoms with Crippen molar-refractivity contribution in [3.8, 4) is 0 Å². The van der Waals surface area contributed by atoms with Gasteiger partial charge in [0.1, 0.15) is 5.82 Å². The van der Waals surface area contributed by atoms with Crippen molar-refractivity contribution in [3.63, 3.8) is 0 Å². The molecule has 0 bridgehead atoms. The predicted molar refractivity (Wildman–Crippen MR) is 71.8 cm³/mol. The molecule has 106 valence electrons. The molecule has 0 aromatic heterocycles. The smallest absolute Gasteiger partial charge is 0.243 e. The van der Waals surface area contributed by atoms with Crippen molar-refractivity contribution in [2.45, 2.75) is 24.8 Å². The van der Waals surface area contributed by atoms with Crippen molar-refractivity contribution < 1.29 is 12.8 Å². The molecule has 1 aromatic rings. The fourth-order valence-corrected chi connectivity index (χ4v) is 4.07. The van der Waals surface area contributed by atoms with E-state index >= 15 is 0 Å². The van der Waals surface area contributed by atoms with E-state index in [0.29, 0.717) is 19.6 Å². The Kier molecular flexibility index (Phi) is 4.23. The van der Waals surface area contributed by atoms with Gasteiger partial charge in [-0.05, 0) is 30.2 Å². The molecule has 6 heteroatoms. The zero-order valence-electron chi connectivity index (χ0n) is 11.1. The van der Waals surface area contributed by atoms with Crippen LogP contribution in [0, 0.1) is 11.7 Å². The highest BCUT2D eigenvalue weighted by Gasteiger charge is 2.34. The highest BCUT2D eigenvalue weighted by atomic mass is 32.2. The molecule has 1 atom stereocenters. The lowest BCUT2D eigenvalue weighted by molar-refractivity contribution is 0.217. The summed E-state index contributed by atoms with van der Waals surface area (Å²) in [6, 6.07) is 4.94. The summed E-state index contributed by atoms with van der Waals surface area (Å²) in [6.07, 6.45) is 0. The van der Waals surface area contributed by atoms with Crippen LogP contribution in [0.5, 0.6) is 0 Å². The maximum absolute atomic E-state index is 12.9. The van der Waals surface area contributed by atoms with Gasteiger partial charge in [0.2, 0.25) is 10.0 Å². The predicted octanol–water partition coefficient (Wildman–Crippen LogP) is 1.44. The molecule has 1 saturated heterocycles. The zero-order valence-corrected chi connectivity index (χ0v) is 12.0. The minimum Gasteiger partial charge on any atom is -0.314 e. The molecule has 0 amide bonds. The van der Waals surface area contributed by atoms with E-state index in [-0.39, 0.29) is 16.9 Å². The molecule has 1 unspecified atom stereocenters. The molecule has 2 rings (SSSR count). The molecule has 1 aliphatic rings. The van der Waals surface area contributed by atoms with Crippen LogP contribution >= 0.6 is 0 Å². The van der Waals surface area contributed by atoms with Crippen molar-refractivity contribution in [3.05, 3.63) is 30.1 Å². The summed E-state index contributed by atoms with van der Waals surface area (Å²) in [7, 11) is -3.55. The average molecular weight is 286 g/mol. The van der Waals surface area contributed by atoms with Gasteiger partial charge in [-0.15, -0.1) is 0 Å². The summed E-state index contributed by atoms with van der Waals surface area (Å²) in [4.78, 5) is 0.154. The van der Waals surface area contributed by atoms with E-state index in [2.05, 4.69) is 5.32 Å². The van der Waals surface area contributed by atoms with E-state index < -0.39 is 15.8 Å². The molecule has 1 aromatic carbocycles. The Bertz CT molecular complexity index is 528. The Hall–Kier alpha value is -0.980. The monoisotopic (exact) mass is 286 g/mol. The summed E-state index contributed by atoms with van der Waals surface area (Å²) in [6.45, 7) is 5.75. The maximum Gasteiger partial charge on any atom is 0.243 e. The fourth-order valence-electron chi connectivity index (χ4n) is 2.32. The maximum atomic E-state index is 12.9. The Morgan fingerprint density at radius 3 is 2.53 bits per heavy atom. The zero-order chi connectivity index (χ0) is 14.0. The summed E-state index contributed by atoms with van der Waals surface area (Å²) in [5.41, 5.74) is 0. The van der Waals surface area contributed by atoms with Crippen LogP contribution in [0.4, 0.5) is 4.39 Å². The lowest BCUT2D eigenvalue weighted by Gasteiger charge is -2.37. The minimum absolute atomic E-state index is 0.0659. The van der Waals surface area contributed by atoms with E-state index in [9.17, 15) is 12.8 Å². The number of sulfonamides is 1. The third kappa shape index (κ3) is 2.96. The molecule has 19 heavy (non-hydrogen) atoms. The number of nitrogens with one attached hydrogen (secondary N) is 1. The van der Waals surface area contributed by atoms with Crippen LogP contribution in [0.2, 0.25) is 0 Å². The van der Waals surface area contributed by atoms with Gasteiger partial charge in [0.15, 0.2) is 0 Å². The second-order valence-corrected chi connectivity index (χ2v) is 6.98. The molecule has 1 aliphatic heterocycles. The van der Waals surface area contributed by atoms with E-state index in [1.807, 2.05) is 13.8 Å². The van der Waals surface area contributed by atoms with Gasteiger partial charge < -0.3 is 5.32 Å². The SMILES string of the molecule is CC(C)C1CNCCN1S(=O)(=O)c1ccc(F)cc1. The van der Waals surface area contributed by atoms with Crippen molar-refractivity contribution >= 4 is 10.0 Å². The third-order valence-electron chi connectivity index (χ3n) is 3.42. The van der Waals surface area contributed by atoms with E-state index in [1.54, 1.807) is 0 Å². The minimum atomic E-state index is -3.55. The standard InChI is InChI=1S/C13H19FN2O2S/c1-10(2)13-9-15-7-8-16(13)19(17,18)12-5-3-11(14)4-6-12/h3-6,10,13,15H,7-9H2,1-2H3. The molecule has 0 spiro atoms. The molecule has 1 N–H and O–H groups in total. The van der Waals surface area contributed by atoms with E-state index in [0.717, 1.165) is 0 Å². The number of halogens is 1. The summed E-state index contributed by atoms with van der Waals surface area (Å²) in [5.74, 6) is -0.206. The quantitative estimate of drug-likeness (QED) is 0.915. The van der Waals surface area contributed by atoms with Crippen molar-refractivity contribution in [2.24, 2.45) is 5.92 Å². The number of piperazine rings is 1. The third-order valence-corrected chi connectivity index (χ3v) is 5.36. The first kappa shape index (κ1) is 14.4. The van der Waals surface area contributed by atoms with Gasteiger partial charge in [-0.3, -0.25) is 0 Å². The second kappa shape index (κ2) is 5.56. The van der Waals surface area contributed by atoms with E-state index in [4.69, 9.17) is 0 Å². The van der Waals surface area contributed by atoms with Crippen molar-refractivity contribution in [2.75, 3.05) is 19.6 Å². The number of rotatable bonds is 3. The average Bonchev–Trinajstić information content (AvgIpc) is 2.39.